The summed E-state index contributed by atoms with van der Waals surface area (Å²) in [4.78, 5) is 14.2. The zero-order chi connectivity index (χ0) is 16.1. The van der Waals surface area contributed by atoms with Gasteiger partial charge in [-0.2, -0.15) is 0 Å². The third kappa shape index (κ3) is 3.65. The summed E-state index contributed by atoms with van der Waals surface area (Å²) < 4.78 is 5.72. The first-order valence-corrected chi connectivity index (χ1v) is 8.10. The largest absolute Gasteiger partial charge is 0.494 e. The van der Waals surface area contributed by atoms with E-state index in [1.54, 1.807) is 0 Å². The SMILES string of the molecule is CC1C(=O)Nc2ccccc2N1CCCCOc1ccccc1. The fourth-order valence-electron chi connectivity index (χ4n) is 2.82. The second-order valence-corrected chi connectivity index (χ2v) is 5.74. The minimum Gasteiger partial charge on any atom is -0.494 e. The number of benzene rings is 2. The van der Waals surface area contributed by atoms with Gasteiger partial charge >= 0.3 is 0 Å². The van der Waals surface area contributed by atoms with E-state index in [0.29, 0.717) is 6.61 Å². The van der Waals surface area contributed by atoms with Gasteiger partial charge in [0.25, 0.3) is 0 Å². The molecule has 2 aromatic carbocycles. The molecule has 2 aromatic rings. The van der Waals surface area contributed by atoms with Gasteiger partial charge in [-0.3, -0.25) is 4.79 Å². The number of para-hydroxylation sites is 3. The molecule has 4 heteroatoms. The Morgan fingerprint density at radius 3 is 2.61 bits per heavy atom. The summed E-state index contributed by atoms with van der Waals surface area (Å²) in [6.45, 7) is 3.50. The molecule has 1 N–H and O–H groups in total. The monoisotopic (exact) mass is 310 g/mol. The number of unbranched alkanes of at least 4 members (excludes halogenated alkanes) is 1. The summed E-state index contributed by atoms with van der Waals surface area (Å²) in [5.74, 6) is 0.966. The molecule has 0 radical (unpaired) electrons. The van der Waals surface area contributed by atoms with Crippen molar-refractivity contribution in [1.82, 2.24) is 0 Å². The van der Waals surface area contributed by atoms with Crippen LogP contribution in [0.1, 0.15) is 19.8 Å². The Balaban J connectivity index is 1.52. The third-order valence-electron chi connectivity index (χ3n) is 4.12. The van der Waals surface area contributed by atoms with Gasteiger partial charge in [0.1, 0.15) is 11.8 Å². The highest BCUT2D eigenvalue weighted by Gasteiger charge is 2.28. The molecule has 1 aliphatic rings. The van der Waals surface area contributed by atoms with Crippen molar-refractivity contribution >= 4 is 17.3 Å². The van der Waals surface area contributed by atoms with Crippen LogP contribution in [0.2, 0.25) is 0 Å². The molecule has 0 spiro atoms. The van der Waals surface area contributed by atoms with Crippen molar-refractivity contribution in [3.05, 3.63) is 54.6 Å². The van der Waals surface area contributed by atoms with E-state index < -0.39 is 0 Å². The van der Waals surface area contributed by atoms with Crippen LogP contribution in [0.25, 0.3) is 0 Å². The number of anilines is 2. The zero-order valence-corrected chi connectivity index (χ0v) is 13.4. The zero-order valence-electron chi connectivity index (χ0n) is 13.4. The van der Waals surface area contributed by atoms with Crippen LogP contribution in [0.5, 0.6) is 5.75 Å². The molecule has 3 rings (SSSR count). The maximum Gasteiger partial charge on any atom is 0.246 e. The highest BCUT2D eigenvalue weighted by molar-refractivity contribution is 6.03. The molecule has 4 nitrogen and oxygen atoms in total. The molecule has 0 bridgehead atoms. The number of ether oxygens (including phenoxy) is 1. The maximum absolute atomic E-state index is 12.1. The fourth-order valence-corrected chi connectivity index (χ4v) is 2.82. The first-order chi connectivity index (χ1) is 11.3. The number of nitrogens with zero attached hydrogens (tertiary/aromatic N) is 1. The van der Waals surface area contributed by atoms with Crippen molar-refractivity contribution in [3.8, 4) is 5.75 Å². The molecule has 0 aromatic heterocycles. The van der Waals surface area contributed by atoms with E-state index >= 15 is 0 Å². The number of amides is 1. The van der Waals surface area contributed by atoms with Crippen LogP contribution in [-0.2, 0) is 4.79 Å². The Morgan fingerprint density at radius 2 is 1.78 bits per heavy atom. The van der Waals surface area contributed by atoms with E-state index in [1.807, 2.05) is 55.5 Å². The van der Waals surface area contributed by atoms with Crippen molar-refractivity contribution in [2.75, 3.05) is 23.4 Å². The van der Waals surface area contributed by atoms with Crippen LogP contribution in [-0.4, -0.2) is 25.1 Å². The Morgan fingerprint density at radius 1 is 1.04 bits per heavy atom. The van der Waals surface area contributed by atoms with Crippen LogP contribution < -0.4 is 15.0 Å². The van der Waals surface area contributed by atoms with Gasteiger partial charge in [0.2, 0.25) is 5.91 Å². The highest BCUT2D eigenvalue weighted by Crippen LogP contribution is 2.31. The molecular formula is C19H22N2O2. The van der Waals surface area contributed by atoms with E-state index in [1.165, 1.54) is 0 Å². The van der Waals surface area contributed by atoms with Crippen molar-refractivity contribution < 1.29 is 9.53 Å². The Bertz CT molecular complexity index is 657. The molecule has 0 saturated carbocycles. The van der Waals surface area contributed by atoms with Gasteiger partial charge in [0.05, 0.1) is 18.0 Å². The van der Waals surface area contributed by atoms with Crippen molar-refractivity contribution in [1.29, 1.82) is 0 Å². The van der Waals surface area contributed by atoms with E-state index in [2.05, 4.69) is 16.3 Å². The standard InChI is InChI=1S/C19H22N2O2/c1-15-19(22)20-17-11-5-6-12-18(17)21(15)13-7-8-14-23-16-9-3-2-4-10-16/h2-6,9-12,15H,7-8,13-14H2,1H3,(H,20,22). The molecule has 120 valence electrons. The quantitative estimate of drug-likeness (QED) is 0.827. The van der Waals surface area contributed by atoms with Crippen molar-refractivity contribution in [2.45, 2.75) is 25.8 Å². The van der Waals surface area contributed by atoms with Gasteiger partial charge in [-0.25, -0.2) is 0 Å². The average molecular weight is 310 g/mol. The highest BCUT2D eigenvalue weighted by atomic mass is 16.5. The van der Waals surface area contributed by atoms with E-state index in [4.69, 9.17) is 4.74 Å². The van der Waals surface area contributed by atoms with Crippen LogP contribution >= 0.6 is 0 Å². The Hall–Kier alpha value is -2.49. The molecule has 23 heavy (non-hydrogen) atoms. The second-order valence-electron chi connectivity index (χ2n) is 5.74. The summed E-state index contributed by atoms with van der Waals surface area (Å²) >= 11 is 0. The lowest BCUT2D eigenvalue weighted by Gasteiger charge is -2.36. The van der Waals surface area contributed by atoms with Gasteiger partial charge in [-0.1, -0.05) is 30.3 Å². The summed E-state index contributed by atoms with van der Waals surface area (Å²) in [6, 6.07) is 17.7. The molecule has 1 unspecified atom stereocenters. The summed E-state index contributed by atoms with van der Waals surface area (Å²) in [7, 11) is 0. The molecule has 1 amide bonds. The van der Waals surface area contributed by atoms with Gasteiger partial charge in [0.15, 0.2) is 0 Å². The molecule has 1 heterocycles. The molecule has 1 atom stereocenters. The fraction of sp³-hybridized carbons (Fsp3) is 0.316. The number of rotatable bonds is 6. The van der Waals surface area contributed by atoms with Gasteiger partial charge in [-0.15, -0.1) is 0 Å². The number of carbonyl (C=O) groups excluding carboxylic acids is 1. The molecule has 1 aliphatic heterocycles. The average Bonchev–Trinajstić information content (AvgIpc) is 2.58. The lowest BCUT2D eigenvalue weighted by molar-refractivity contribution is -0.117. The summed E-state index contributed by atoms with van der Waals surface area (Å²) in [5, 5.41) is 2.96. The topological polar surface area (TPSA) is 41.6 Å². The van der Waals surface area contributed by atoms with Crippen LogP contribution in [0, 0.1) is 0 Å². The number of fused-ring (bicyclic) bond motifs is 1. The number of nitrogens with one attached hydrogen (secondary N) is 1. The first-order valence-electron chi connectivity index (χ1n) is 8.10. The molecular weight excluding hydrogens is 288 g/mol. The molecule has 0 aliphatic carbocycles. The number of hydrogen-bond acceptors (Lipinski definition) is 3. The van der Waals surface area contributed by atoms with Crippen molar-refractivity contribution in [2.24, 2.45) is 0 Å². The number of carbonyl (C=O) groups is 1. The Kier molecular flexibility index (Phi) is 4.81. The van der Waals surface area contributed by atoms with Crippen LogP contribution in [0.4, 0.5) is 11.4 Å². The molecule has 0 saturated heterocycles. The minimum atomic E-state index is -0.139. The summed E-state index contributed by atoms with van der Waals surface area (Å²) in [6.07, 6.45) is 1.95. The van der Waals surface area contributed by atoms with Crippen LogP contribution in [0.15, 0.2) is 54.6 Å². The smallest absolute Gasteiger partial charge is 0.246 e. The normalized spacial score (nSPS) is 16.7. The third-order valence-corrected chi connectivity index (χ3v) is 4.12. The van der Waals surface area contributed by atoms with Crippen LogP contribution in [0.3, 0.4) is 0 Å². The lowest BCUT2D eigenvalue weighted by atomic mass is 10.1. The van der Waals surface area contributed by atoms with Gasteiger partial charge in [-0.05, 0) is 44.0 Å². The van der Waals surface area contributed by atoms with Gasteiger partial charge in [0, 0.05) is 6.54 Å². The molecule has 0 fully saturated rings. The van der Waals surface area contributed by atoms with E-state index in [9.17, 15) is 4.79 Å². The van der Waals surface area contributed by atoms with Crippen molar-refractivity contribution in [3.63, 3.8) is 0 Å². The maximum atomic E-state index is 12.1. The van der Waals surface area contributed by atoms with E-state index in [0.717, 1.165) is 36.5 Å². The second kappa shape index (κ2) is 7.18. The summed E-state index contributed by atoms with van der Waals surface area (Å²) in [5.41, 5.74) is 2.00. The van der Waals surface area contributed by atoms with E-state index in [-0.39, 0.29) is 11.9 Å². The number of hydrogen-bond donors (Lipinski definition) is 1. The predicted molar refractivity (Wildman–Crippen MR) is 93.1 cm³/mol. The van der Waals surface area contributed by atoms with Gasteiger partial charge < -0.3 is 15.0 Å². The predicted octanol–water partition coefficient (Wildman–Crippen LogP) is 3.69. The lowest BCUT2D eigenvalue weighted by Crippen LogP contribution is -2.46. The minimum absolute atomic E-state index is 0.0595. The Labute approximate surface area is 137 Å². The first kappa shape index (κ1) is 15.4.